The Kier molecular flexibility index (Phi) is 5.67. The molecule has 1 aromatic rings. The zero-order valence-electron chi connectivity index (χ0n) is 12.6. The van der Waals surface area contributed by atoms with Gasteiger partial charge in [0.15, 0.2) is 0 Å². The molecule has 4 nitrogen and oxygen atoms in total. The van der Waals surface area contributed by atoms with Crippen LogP contribution in [0, 0.1) is 0 Å². The Hall–Kier alpha value is -1.49. The number of carbonyl (C=O) groups excluding carboxylic acids is 2. The molecule has 114 valence electrons. The van der Waals surface area contributed by atoms with E-state index in [1.165, 1.54) is 10.5 Å². The van der Waals surface area contributed by atoms with Crippen molar-refractivity contribution in [2.75, 3.05) is 19.3 Å². The van der Waals surface area contributed by atoms with Gasteiger partial charge in [-0.1, -0.05) is 25.1 Å². The van der Waals surface area contributed by atoms with Crippen LogP contribution in [0.25, 0.3) is 0 Å². The summed E-state index contributed by atoms with van der Waals surface area (Å²) in [6.07, 6.45) is 4.47. The van der Waals surface area contributed by atoms with Crippen molar-refractivity contribution in [3.63, 3.8) is 0 Å². The first kappa shape index (κ1) is 15.9. The molecule has 0 bridgehead atoms. The van der Waals surface area contributed by atoms with Crippen molar-refractivity contribution in [3.8, 4) is 0 Å². The highest BCUT2D eigenvalue weighted by Crippen LogP contribution is 2.36. The summed E-state index contributed by atoms with van der Waals surface area (Å²) in [6, 6.07) is 8.39. The summed E-state index contributed by atoms with van der Waals surface area (Å²) in [7, 11) is 0. The highest BCUT2D eigenvalue weighted by atomic mass is 32.2. The van der Waals surface area contributed by atoms with E-state index in [2.05, 4.69) is 23.7 Å². The highest BCUT2D eigenvalue weighted by molar-refractivity contribution is 7.98. The van der Waals surface area contributed by atoms with Crippen LogP contribution in [0.2, 0.25) is 0 Å². The van der Waals surface area contributed by atoms with Gasteiger partial charge in [0.2, 0.25) is 11.8 Å². The molecule has 0 aliphatic carbocycles. The summed E-state index contributed by atoms with van der Waals surface area (Å²) >= 11 is 1.71. The average molecular weight is 306 g/mol. The lowest BCUT2D eigenvalue weighted by Gasteiger charge is -2.26. The molecule has 2 rings (SSSR count). The first-order valence-corrected chi connectivity index (χ1v) is 8.59. The van der Waals surface area contributed by atoms with Gasteiger partial charge in [-0.3, -0.25) is 9.59 Å². The van der Waals surface area contributed by atoms with E-state index in [0.29, 0.717) is 6.42 Å². The van der Waals surface area contributed by atoms with Crippen LogP contribution in [-0.4, -0.2) is 36.1 Å². The Morgan fingerprint density at radius 2 is 2.14 bits per heavy atom. The van der Waals surface area contributed by atoms with Crippen LogP contribution in [0.15, 0.2) is 29.2 Å². The van der Waals surface area contributed by atoms with E-state index in [-0.39, 0.29) is 24.4 Å². The van der Waals surface area contributed by atoms with Crippen LogP contribution in [0.4, 0.5) is 0 Å². The second kappa shape index (κ2) is 7.50. The van der Waals surface area contributed by atoms with E-state index in [9.17, 15) is 9.59 Å². The van der Waals surface area contributed by atoms with Gasteiger partial charge in [0.1, 0.15) is 0 Å². The summed E-state index contributed by atoms with van der Waals surface area (Å²) in [4.78, 5) is 26.8. The van der Waals surface area contributed by atoms with Crippen molar-refractivity contribution in [2.45, 2.75) is 37.1 Å². The van der Waals surface area contributed by atoms with Crippen LogP contribution in [-0.2, 0) is 9.59 Å². The maximum Gasteiger partial charge on any atom is 0.242 e. The molecule has 1 fully saturated rings. The van der Waals surface area contributed by atoms with Gasteiger partial charge in [-0.25, -0.2) is 0 Å². The molecule has 1 saturated heterocycles. The van der Waals surface area contributed by atoms with Crippen molar-refractivity contribution < 1.29 is 9.59 Å². The lowest BCUT2D eigenvalue weighted by Crippen LogP contribution is -2.39. The smallest absolute Gasteiger partial charge is 0.242 e. The predicted octanol–water partition coefficient (Wildman–Crippen LogP) is 2.60. The molecule has 0 saturated carbocycles. The minimum atomic E-state index is -0.0800. The molecule has 1 aliphatic heterocycles. The molecular weight excluding hydrogens is 284 g/mol. The molecule has 1 aromatic carbocycles. The number of hydrogen-bond donors (Lipinski definition) is 1. The van der Waals surface area contributed by atoms with Crippen LogP contribution in [0.3, 0.4) is 0 Å². The Morgan fingerprint density at radius 1 is 1.38 bits per heavy atom. The van der Waals surface area contributed by atoms with Crippen molar-refractivity contribution >= 4 is 23.6 Å². The number of carbonyl (C=O) groups is 2. The van der Waals surface area contributed by atoms with Gasteiger partial charge in [-0.15, -0.1) is 11.8 Å². The van der Waals surface area contributed by atoms with Crippen LogP contribution in [0.5, 0.6) is 0 Å². The molecule has 1 heterocycles. The largest absolute Gasteiger partial charge is 0.347 e. The van der Waals surface area contributed by atoms with Crippen LogP contribution < -0.4 is 5.32 Å². The molecule has 0 spiro atoms. The molecular formula is C16H22N2O2S. The number of rotatable bonds is 5. The molecule has 0 aromatic heterocycles. The predicted molar refractivity (Wildman–Crippen MR) is 85.2 cm³/mol. The maximum absolute atomic E-state index is 12.4. The lowest BCUT2D eigenvalue weighted by molar-refractivity contribution is -0.133. The standard InChI is InChI=1S/C16H22N2O2S/c1-3-15(19)17-11-16(20)18-10-6-8-13(18)12-7-4-5-9-14(12)21-2/h4-5,7,9,13H,3,6,8,10-11H2,1-2H3,(H,17,19)/t13-/m1/s1. The maximum atomic E-state index is 12.4. The van der Waals surface area contributed by atoms with E-state index < -0.39 is 0 Å². The molecule has 2 amide bonds. The fourth-order valence-electron chi connectivity index (χ4n) is 2.73. The van der Waals surface area contributed by atoms with Gasteiger partial charge in [0, 0.05) is 17.9 Å². The van der Waals surface area contributed by atoms with Crippen molar-refractivity contribution in [3.05, 3.63) is 29.8 Å². The Labute approximate surface area is 130 Å². The summed E-state index contributed by atoms with van der Waals surface area (Å²) < 4.78 is 0. The van der Waals surface area contributed by atoms with Crippen LogP contribution in [0.1, 0.15) is 37.8 Å². The fraction of sp³-hybridized carbons (Fsp3) is 0.500. The number of thioether (sulfide) groups is 1. The second-order valence-corrected chi connectivity index (χ2v) is 5.97. The molecule has 1 atom stereocenters. The zero-order valence-corrected chi connectivity index (χ0v) is 13.4. The summed E-state index contributed by atoms with van der Waals surface area (Å²) in [5.41, 5.74) is 1.22. The van der Waals surface area contributed by atoms with Gasteiger partial charge < -0.3 is 10.2 Å². The molecule has 21 heavy (non-hydrogen) atoms. The zero-order chi connectivity index (χ0) is 15.2. The topological polar surface area (TPSA) is 49.4 Å². The number of nitrogens with one attached hydrogen (secondary N) is 1. The number of likely N-dealkylation sites (tertiary alicyclic amines) is 1. The van der Waals surface area contributed by atoms with E-state index in [4.69, 9.17) is 0 Å². The van der Waals surface area contributed by atoms with Crippen molar-refractivity contribution in [2.24, 2.45) is 0 Å². The van der Waals surface area contributed by atoms with E-state index in [1.807, 2.05) is 17.0 Å². The molecule has 0 unspecified atom stereocenters. The molecule has 0 radical (unpaired) electrons. The summed E-state index contributed by atoms with van der Waals surface area (Å²) in [5, 5.41) is 2.67. The number of benzene rings is 1. The lowest BCUT2D eigenvalue weighted by atomic mass is 10.0. The number of hydrogen-bond acceptors (Lipinski definition) is 3. The SMILES string of the molecule is CCC(=O)NCC(=O)N1CCC[C@@H]1c1ccccc1SC. The molecule has 5 heteroatoms. The monoisotopic (exact) mass is 306 g/mol. The fourth-order valence-corrected chi connectivity index (χ4v) is 3.39. The number of nitrogens with zero attached hydrogens (tertiary/aromatic N) is 1. The molecule has 1 aliphatic rings. The van der Waals surface area contributed by atoms with Gasteiger partial charge in [-0.2, -0.15) is 0 Å². The van der Waals surface area contributed by atoms with Gasteiger partial charge in [0.25, 0.3) is 0 Å². The van der Waals surface area contributed by atoms with Crippen molar-refractivity contribution in [1.29, 1.82) is 0 Å². The third kappa shape index (κ3) is 3.79. The quantitative estimate of drug-likeness (QED) is 0.851. The van der Waals surface area contributed by atoms with Gasteiger partial charge in [0.05, 0.1) is 12.6 Å². The first-order valence-electron chi connectivity index (χ1n) is 7.36. The van der Waals surface area contributed by atoms with Crippen LogP contribution >= 0.6 is 11.8 Å². The summed E-state index contributed by atoms with van der Waals surface area (Å²) in [6.45, 7) is 2.66. The Bertz CT molecular complexity index is 519. The Balaban J connectivity index is 2.09. The van der Waals surface area contributed by atoms with Gasteiger partial charge in [-0.05, 0) is 30.7 Å². The second-order valence-electron chi connectivity index (χ2n) is 5.12. The van der Waals surface area contributed by atoms with Gasteiger partial charge >= 0.3 is 0 Å². The Morgan fingerprint density at radius 3 is 2.86 bits per heavy atom. The first-order chi connectivity index (χ1) is 10.2. The molecule has 1 N–H and O–H groups in total. The number of amides is 2. The third-order valence-electron chi connectivity index (χ3n) is 3.83. The minimum absolute atomic E-state index is 0.00945. The summed E-state index contributed by atoms with van der Waals surface area (Å²) in [5.74, 6) is -0.0705. The third-order valence-corrected chi connectivity index (χ3v) is 4.64. The minimum Gasteiger partial charge on any atom is -0.347 e. The van der Waals surface area contributed by atoms with E-state index >= 15 is 0 Å². The normalized spacial score (nSPS) is 17.8. The average Bonchev–Trinajstić information content (AvgIpc) is 3.01. The van der Waals surface area contributed by atoms with Crippen molar-refractivity contribution in [1.82, 2.24) is 10.2 Å². The van der Waals surface area contributed by atoms with E-state index in [1.54, 1.807) is 18.7 Å². The highest BCUT2D eigenvalue weighted by Gasteiger charge is 2.30. The van der Waals surface area contributed by atoms with E-state index in [0.717, 1.165) is 19.4 Å².